The van der Waals surface area contributed by atoms with Gasteiger partial charge in [0, 0.05) is 7.05 Å². The molecule has 0 heterocycles. The molecule has 29 heavy (non-hydrogen) atoms. The summed E-state index contributed by atoms with van der Waals surface area (Å²) in [6, 6.07) is 8.93. The van der Waals surface area contributed by atoms with Gasteiger partial charge in [0.15, 0.2) is 24.1 Å². The Morgan fingerprint density at radius 1 is 1.00 bits per heavy atom. The van der Waals surface area contributed by atoms with Gasteiger partial charge >= 0.3 is 0 Å². The number of carbonyl (C=O) groups excluding carboxylic acids is 2. The van der Waals surface area contributed by atoms with Crippen molar-refractivity contribution >= 4 is 17.5 Å². The molecular weight excluding hydrogens is 385 g/mol. The maximum absolute atomic E-state index is 13.6. The molecule has 2 amide bonds. The molecule has 0 saturated carbocycles. The topological polar surface area (TPSA) is 58.6 Å². The van der Waals surface area contributed by atoms with Crippen LogP contribution in [-0.2, 0) is 15.0 Å². The Kier molecular flexibility index (Phi) is 6.89. The summed E-state index contributed by atoms with van der Waals surface area (Å²) in [7, 11) is 1.37. The van der Waals surface area contributed by atoms with Crippen molar-refractivity contribution in [3.8, 4) is 5.75 Å². The second kappa shape index (κ2) is 8.98. The normalized spacial score (nSPS) is 11.1. The van der Waals surface area contributed by atoms with Gasteiger partial charge in [0.1, 0.15) is 5.75 Å². The first-order valence-corrected chi connectivity index (χ1v) is 8.89. The number of amides is 2. The molecule has 1 N–H and O–H groups in total. The van der Waals surface area contributed by atoms with Gasteiger partial charge in [-0.25, -0.2) is 13.2 Å². The number of nitrogens with one attached hydrogen (secondary N) is 1. The third-order valence-corrected chi connectivity index (χ3v) is 4.20. The van der Waals surface area contributed by atoms with Crippen molar-refractivity contribution in [1.82, 2.24) is 4.90 Å². The fourth-order valence-electron chi connectivity index (χ4n) is 2.42. The van der Waals surface area contributed by atoms with Gasteiger partial charge in [0.05, 0.1) is 12.2 Å². The predicted octanol–water partition coefficient (Wildman–Crippen LogP) is 3.88. The number of anilines is 1. The quantitative estimate of drug-likeness (QED) is 0.738. The van der Waals surface area contributed by atoms with Crippen LogP contribution in [0.25, 0.3) is 0 Å². The van der Waals surface area contributed by atoms with Gasteiger partial charge in [-0.3, -0.25) is 9.59 Å². The number of nitrogens with zero attached hydrogens (tertiary/aromatic N) is 1. The number of ether oxygens (including phenoxy) is 1. The Balaban J connectivity index is 1.87. The van der Waals surface area contributed by atoms with Gasteiger partial charge in [-0.05, 0) is 35.2 Å². The fraction of sp³-hybridized carbons (Fsp3) is 0.333. The summed E-state index contributed by atoms with van der Waals surface area (Å²) in [4.78, 5) is 25.2. The Morgan fingerprint density at radius 2 is 1.62 bits per heavy atom. The van der Waals surface area contributed by atoms with E-state index in [2.05, 4.69) is 26.1 Å². The monoisotopic (exact) mass is 408 g/mol. The lowest BCUT2D eigenvalue weighted by Crippen LogP contribution is -2.37. The Labute approximate surface area is 167 Å². The van der Waals surface area contributed by atoms with Crippen molar-refractivity contribution in [2.75, 3.05) is 25.5 Å². The molecule has 0 aliphatic carbocycles. The van der Waals surface area contributed by atoms with Crippen molar-refractivity contribution < 1.29 is 27.5 Å². The highest BCUT2D eigenvalue weighted by Gasteiger charge is 2.18. The summed E-state index contributed by atoms with van der Waals surface area (Å²) in [5, 5.41) is 2.10. The van der Waals surface area contributed by atoms with Crippen molar-refractivity contribution in [2.45, 2.75) is 26.2 Å². The van der Waals surface area contributed by atoms with Gasteiger partial charge in [0.25, 0.3) is 5.91 Å². The van der Waals surface area contributed by atoms with E-state index in [1.54, 1.807) is 12.1 Å². The van der Waals surface area contributed by atoms with Crippen LogP contribution in [0, 0.1) is 17.5 Å². The Hall–Kier alpha value is -3.03. The van der Waals surface area contributed by atoms with Crippen molar-refractivity contribution in [3.63, 3.8) is 0 Å². The number of hydrogen-bond acceptors (Lipinski definition) is 3. The summed E-state index contributed by atoms with van der Waals surface area (Å²) in [6.07, 6.45) is 0. The SMILES string of the molecule is CN(CC(=O)Nc1ccc(F)c(F)c1F)C(=O)COc1ccc(C(C)(C)C)cc1. The molecule has 0 fully saturated rings. The number of hydrogen-bond donors (Lipinski definition) is 1. The van der Waals surface area contributed by atoms with Gasteiger partial charge in [-0.2, -0.15) is 0 Å². The molecule has 0 aliphatic rings. The maximum atomic E-state index is 13.6. The van der Waals surface area contributed by atoms with Gasteiger partial charge in [0.2, 0.25) is 5.91 Å². The molecule has 0 saturated heterocycles. The van der Waals surface area contributed by atoms with Crippen LogP contribution in [-0.4, -0.2) is 36.9 Å². The average molecular weight is 408 g/mol. The molecule has 0 aromatic heterocycles. The van der Waals surface area contributed by atoms with Crippen LogP contribution in [0.4, 0.5) is 18.9 Å². The van der Waals surface area contributed by atoms with E-state index in [0.717, 1.165) is 16.5 Å². The lowest BCUT2D eigenvalue weighted by atomic mass is 9.87. The van der Waals surface area contributed by atoms with E-state index in [4.69, 9.17) is 4.74 Å². The van der Waals surface area contributed by atoms with Crippen LogP contribution in [0.1, 0.15) is 26.3 Å². The first kappa shape index (κ1) is 22.3. The molecule has 0 bridgehead atoms. The van der Waals surface area contributed by atoms with Crippen LogP contribution in [0.3, 0.4) is 0 Å². The molecule has 0 spiro atoms. The molecule has 0 atom stereocenters. The van der Waals surface area contributed by atoms with Crippen molar-refractivity contribution in [1.29, 1.82) is 0 Å². The van der Waals surface area contributed by atoms with E-state index in [-0.39, 0.29) is 12.0 Å². The third-order valence-electron chi connectivity index (χ3n) is 4.20. The second-order valence-corrected chi connectivity index (χ2v) is 7.58. The van der Waals surface area contributed by atoms with Gasteiger partial charge < -0.3 is 15.0 Å². The number of rotatable bonds is 6. The van der Waals surface area contributed by atoms with Crippen LogP contribution < -0.4 is 10.1 Å². The van der Waals surface area contributed by atoms with Crippen LogP contribution in [0.2, 0.25) is 0 Å². The number of likely N-dealkylation sites (N-methyl/N-ethyl adjacent to an activating group) is 1. The van der Waals surface area contributed by atoms with Crippen molar-refractivity contribution in [3.05, 3.63) is 59.4 Å². The average Bonchev–Trinajstić information content (AvgIpc) is 2.66. The summed E-state index contributed by atoms with van der Waals surface area (Å²) in [5.41, 5.74) is 0.605. The highest BCUT2D eigenvalue weighted by molar-refractivity contribution is 5.94. The maximum Gasteiger partial charge on any atom is 0.260 e. The summed E-state index contributed by atoms with van der Waals surface area (Å²) in [5.74, 6) is -5.29. The highest BCUT2D eigenvalue weighted by atomic mass is 19.2. The zero-order chi connectivity index (χ0) is 21.8. The molecule has 2 aromatic carbocycles. The third kappa shape index (κ3) is 5.97. The number of benzene rings is 2. The number of carbonyl (C=O) groups is 2. The first-order chi connectivity index (χ1) is 13.5. The minimum Gasteiger partial charge on any atom is -0.484 e. The summed E-state index contributed by atoms with van der Waals surface area (Å²) in [6.45, 7) is 5.54. The molecular formula is C21H23F3N2O3. The zero-order valence-electron chi connectivity index (χ0n) is 16.7. The zero-order valence-corrected chi connectivity index (χ0v) is 16.7. The molecule has 0 unspecified atom stereocenters. The summed E-state index contributed by atoms with van der Waals surface area (Å²) >= 11 is 0. The van der Waals surface area contributed by atoms with E-state index in [9.17, 15) is 22.8 Å². The minimum atomic E-state index is -1.68. The smallest absolute Gasteiger partial charge is 0.260 e. The van der Waals surface area contributed by atoms with Gasteiger partial charge in [-0.15, -0.1) is 0 Å². The molecule has 0 aliphatic heterocycles. The van der Waals surface area contributed by atoms with Crippen LogP contribution in [0.15, 0.2) is 36.4 Å². The van der Waals surface area contributed by atoms with Crippen molar-refractivity contribution in [2.24, 2.45) is 0 Å². The first-order valence-electron chi connectivity index (χ1n) is 8.89. The van der Waals surface area contributed by atoms with E-state index < -0.39 is 41.5 Å². The second-order valence-electron chi connectivity index (χ2n) is 7.58. The summed E-state index contributed by atoms with van der Waals surface area (Å²) < 4.78 is 45.2. The molecule has 2 aromatic rings. The van der Waals surface area contributed by atoms with Gasteiger partial charge in [-0.1, -0.05) is 32.9 Å². The minimum absolute atomic E-state index is 0.00512. The predicted molar refractivity (Wildman–Crippen MR) is 103 cm³/mol. The largest absolute Gasteiger partial charge is 0.484 e. The van der Waals surface area contributed by atoms with E-state index in [1.807, 2.05) is 12.1 Å². The standard InChI is InChI=1S/C21H23F3N2O3/c1-21(2,3)13-5-7-14(8-6-13)29-12-18(28)26(4)11-17(27)25-16-10-9-15(22)19(23)20(16)24/h5-10H,11-12H2,1-4H3,(H,25,27). The number of halogens is 3. The van der Waals surface area contributed by atoms with E-state index in [1.165, 1.54) is 7.05 Å². The lowest BCUT2D eigenvalue weighted by Gasteiger charge is -2.20. The molecule has 156 valence electrons. The molecule has 5 nitrogen and oxygen atoms in total. The fourth-order valence-corrected chi connectivity index (χ4v) is 2.42. The van der Waals surface area contributed by atoms with E-state index >= 15 is 0 Å². The Bertz CT molecular complexity index is 893. The Morgan fingerprint density at radius 3 is 2.21 bits per heavy atom. The lowest BCUT2D eigenvalue weighted by molar-refractivity contribution is -0.135. The molecule has 2 rings (SSSR count). The molecule has 8 heteroatoms. The highest BCUT2D eigenvalue weighted by Crippen LogP contribution is 2.24. The molecule has 0 radical (unpaired) electrons. The van der Waals surface area contributed by atoms with Crippen LogP contribution in [0.5, 0.6) is 5.75 Å². The van der Waals surface area contributed by atoms with Crippen LogP contribution >= 0.6 is 0 Å². The van der Waals surface area contributed by atoms with E-state index in [0.29, 0.717) is 11.8 Å².